The molecule has 74 valence electrons. The summed E-state index contributed by atoms with van der Waals surface area (Å²) < 4.78 is 0. The van der Waals surface area contributed by atoms with Crippen molar-refractivity contribution >= 4 is 24.0 Å². The van der Waals surface area contributed by atoms with E-state index in [1.54, 1.807) is 0 Å². The van der Waals surface area contributed by atoms with Crippen LogP contribution < -0.4 is 5.32 Å². The fraction of sp³-hybridized carbons (Fsp3) is 0.364. The van der Waals surface area contributed by atoms with Crippen LogP contribution in [-0.2, 0) is 10.2 Å². The van der Waals surface area contributed by atoms with Gasteiger partial charge in [-0.25, -0.2) is 0 Å². The minimum atomic E-state index is -0.142. The lowest BCUT2D eigenvalue weighted by atomic mass is 9.65. The SMILES string of the molecule is Cl.O=C1Nc2ccccc2C12CCC2. The number of para-hydroxylation sites is 1. The van der Waals surface area contributed by atoms with Gasteiger partial charge in [0.25, 0.3) is 0 Å². The molecule has 14 heavy (non-hydrogen) atoms. The Morgan fingerprint density at radius 3 is 2.57 bits per heavy atom. The molecule has 2 nitrogen and oxygen atoms in total. The maximum Gasteiger partial charge on any atom is 0.235 e. The van der Waals surface area contributed by atoms with Crippen molar-refractivity contribution in [2.75, 3.05) is 5.32 Å². The highest BCUT2D eigenvalue weighted by molar-refractivity contribution is 6.06. The lowest BCUT2D eigenvalue weighted by Crippen LogP contribution is -2.40. The second-order valence-corrected chi connectivity index (χ2v) is 3.94. The van der Waals surface area contributed by atoms with Gasteiger partial charge in [-0.2, -0.15) is 0 Å². The van der Waals surface area contributed by atoms with Gasteiger partial charge in [-0.15, -0.1) is 12.4 Å². The van der Waals surface area contributed by atoms with Gasteiger partial charge in [-0.3, -0.25) is 4.79 Å². The third-order valence-corrected chi connectivity index (χ3v) is 3.33. The first kappa shape index (κ1) is 9.53. The molecule has 1 aromatic rings. The van der Waals surface area contributed by atoms with Crippen molar-refractivity contribution in [2.24, 2.45) is 0 Å². The molecule has 2 aliphatic rings. The molecule has 0 bridgehead atoms. The van der Waals surface area contributed by atoms with E-state index in [1.807, 2.05) is 18.2 Å². The number of nitrogens with one attached hydrogen (secondary N) is 1. The molecule has 1 aromatic carbocycles. The Labute approximate surface area is 89.1 Å². The van der Waals surface area contributed by atoms with Crippen LogP contribution in [0.3, 0.4) is 0 Å². The van der Waals surface area contributed by atoms with Crippen LogP contribution in [0.2, 0.25) is 0 Å². The van der Waals surface area contributed by atoms with E-state index >= 15 is 0 Å². The van der Waals surface area contributed by atoms with Gasteiger partial charge in [0.2, 0.25) is 5.91 Å². The summed E-state index contributed by atoms with van der Waals surface area (Å²) >= 11 is 0. The van der Waals surface area contributed by atoms with Gasteiger partial charge in [0, 0.05) is 5.69 Å². The normalized spacial score (nSPS) is 20.7. The van der Waals surface area contributed by atoms with Crippen LogP contribution in [0.15, 0.2) is 24.3 Å². The topological polar surface area (TPSA) is 29.1 Å². The second kappa shape index (κ2) is 2.99. The molecule has 3 heteroatoms. The summed E-state index contributed by atoms with van der Waals surface area (Å²) in [7, 11) is 0. The first-order valence-electron chi connectivity index (χ1n) is 4.74. The predicted molar refractivity (Wildman–Crippen MR) is 57.8 cm³/mol. The number of anilines is 1. The van der Waals surface area contributed by atoms with Gasteiger partial charge < -0.3 is 5.32 Å². The van der Waals surface area contributed by atoms with Crippen molar-refractivity contribution in [3.63, 3.8) is 0 Å². The second-order valence-electron chi connectivity index (χ2n) is 3.94. The minimum absolute atomic E-state index is 0. The van der Waals surface area contributed by atoms with Gasteiger partial charge in [0.15, 0.2) is 0 Å². The van der Waals surface area contributed by atoms with Crippen LogP contribution >= 0.6 is 12.4 Å². The predicted octanol–water partition coefficient (Wildman–Crippen LogP) is 2.48. The highest BCUT2D eigenvalue weighted by Gasteiger charge is 2.50. The number of hydrogen-bond donors (Lipinski definition) is 1. The highest BCUT2D eigenvalue weighted by atomic mass is 35.5. The van der Waals surface area contributed by atoms with Crippen molar-refractivity contribution in [2.45, 2.75) is 24.7 Å². The van der Waals surface area contributed by atoms with Crippen LogP contribution in [-0.4, -0.2) is 5.91 Å². The lowest BCUT2D eigenvalue weighted by molar-refractivity contribution is -0.123. The van der Waals surface area contributed by atoms with E-state index in [-0.39, 0.29) is 23.7 Å². The zero-order chi connectivity index (χ0) is 8.89. The van der Waals surface area contributed by atoms with E-state index in [2.05, 4.69) is 11.4 Å². The Morgan fingerprint density at radius 2 is 1.93 bits per heavy atom. The van der Waals surface area contributed by atoms with Gasteiger partial charge >= 0.3 is 0 Å². The Morgan fingerprint density at radius 1 is 1.21 bits per heavy atom. The molecule has 3 rings (SSSR count). The van der Waals surface area contributed by atoms with Crippen LogP contribution in [0.25, 0.3) is 0 Å². The minimum Gasteiger partial charge on any atom is -0.325 e. The number of hydrogen-bond acceptors (Lipinski definition) is 1. The van der Waals surface area contributed by atoms with E-state index in [1.165, 1.54) is 12.0 Å². The Hall–Kier alpha value is -1.02. The molecule has 1 heterocycles. The highest BCUT2D eigenvalue weighted by Crippen LogP contribution is 2.50. The lowest BCUT2D eigenvalue weighted by Gasteiger charge is -2.35. The molecule has 0 unspecified atom stereocenters. The van der Waals surface area contributed by atoms with Crippen LogP contribution in [0.5, 0.6) is 0 Å². The summed E-state index contributed by atoms with van der Waals surface area (Å²) in [6, 6.07) is 8.04. The summed E-state index contributed by atoms with van der Waals surface area (Å²) in [6.45, 7) is 0. The molecule has 1 aliphatic carbocycles. The zero-order valence-electron chi connectivity index (χ0n) is 7.75. The van der Waals surface area contributed by atoms with E-state index < -0.39 is 0 Å². The first-order valence-corrected chi connectivity index (χ1v) is 4.74. The van der Waals surface area contributed by atoms with Crippen molar-refractivity contribution in [3.05, 3.63) is 29.8 Å². The summed E-state index contributed by atoms with van der Waals surface area (Å²) in [6.07, 6.45) is 3.23. The summed E-state index contributed by atoms with van der Waals surface area (Å²) in [5, 5.41) is 2.95. The molecule has 1 N–H and O–H groups in total. The van der Waals surface area contributed by atoms with Crippen LogP contribution in [0.1, 0.15) is 24.8 Å². The Kier molecular flexibility index (Phi) is 2.04. The average Bonchev–Trinajstić information content (AvgIpc) is 2.35. The van der Waals surface area contributed by atoms with E-state index in [4.69, 9.17) is 0 Å². The molecule has 0 radical (unpaired) electrons. The van der Waals surface area contributed by atoms with Crippen molar-refractivity contribution < 1.29 is 4.79 Å². The number of benzene rings is 1. The molecule has 0 atom stereocenters. The smallest absolute Gasteiger partial charge is 0.235 e. The van der Waals surface area contributed by atoms with Crippen molar-refractivity contribution in [3.8, 4) is 0 Å². The Balaban J connectivity index is 0.000000750. The average molecular weight is 210 g/mol. The van der Waals surface area contributed by atoms with Gasteiger partial charge in [0.1, 0.15) is 0 Å². The molecule has 1 spiro atoms. The van der Waals surface area contributed by atoms with Gasteiger partial charge in [-0.05, 0) is 24.5 Å². The van der Waals surface area contributed by atoms with E-state index in [0.29, 0.717) is 0 Å². The summed E-state index contributed by atoms with van der Waals surface area (Å²) in [4.78, 5) is 11.7. The van der Waals surface area contributed by atoms with Crippen molar-refractivity contribution in [1.29, 1.82) is 0 Å². The monoisotopic (exact) mass is 209 g/mol. The number of carbonyl (C=O) groups is 1. The maximum atomic E-state index is 11.7. The molecule has 1 saturated carbocycles. The molecule has 1 amide bonds. The quantitative estimate of drug-likeness (QED) is 0.699. The van der Waals surface area contributed by atoms with E-state index in [9.17, 15) is 4.79 Å². The standard InChI is InChI=1S/C11H11NO.ClH/c13-10-11(6-3-7-11)8-4-1-2-5-9(8)12-10;/h1-2,4-5H,3,6-7H2,(H,12,13);1H. The Bertz CT molecular complexity index is 385. The summed E-state index contributed by atoms with van der Waals surface area (Å²) in [5.41, 5.74) is 2.09. The fourth-order valence-electron chi connectivity index (χ4n) is 2.40. The zero-order valence-corrected chi connectivity index (χ0v) is 8.56. The van der Waals surface area contributed by atoms with Gasteiger partial charge in [-0.1, -0.05) is 24.6 Å². The molecule has 1 fully saturated rings. The maximum absolute atomic E-state index is 11.7. The summed E-state index contributed by atoms with van der Waals surface area (Å²) in [5.74, 6) is 0.208. The number of rotatable bonds is 0. The molecule has 1 aliphatic heterocycles. The first-order chi connectivity index (χ1) is 6.33. The van der Waals surface area contributed by atoms with Crippen molar-refractivity contribution in [1.82, 2.24) is 0 Å². The van der Waals surface area contributed by atoms with E-state index in [0.717, 1.165) is 18.5 Å². The van der Waals surface area contributed by atoms with Crippen LogP contribution in [0.4, 0.5) is 5.69 Å². The number of carbonyl (C=O) groups excluding carboxylic acids is 1. The number of fused-ring (bicyclic) bond motifs is 2. The third kappa shape index (κ3) is 0.947. The molecular formula is C11H12ClNO. The fourth-order valence-corrected chi connectivity index (χ4v) is 2.40. The third-order valence-electron chi connectivity index (χ3n) is 3.33. The number of halogens is 1. The largest absolute Gasteiger partial charge is 0.325 e. The number of amides is 1. The molecule has 0 saturated heterocycles. The molecular weight excluding hydrogens is 198 g/mol. The van der Waals surface area contributed by atoms with Gasteiger partial charge in [0.05, 0.1) is 5.41 Å². The van der Waals surface area contributed by atoms with Crippen LogP contribution in [0, 0.1) is 0 Å². The molecule has 0 aromatic heterocycles.